The minimum Gasteiger partial charge on any atom is -0.481 e. The number of sulfonamides is 1. The summed E-state index contributed by atoms with van der Waals surface area (Å²) in [5.74, 6) is -1.53. The molecular formula is C11H15NO4S2. The smallest absolute Gasteiger partial charge is 0.307 e. The first-order chi connectivity index (χ1) is 8.43. The Bertz CT molecular complexity index is 523. The first-order valence-corrected chi connectivity index (χ1v) is 8.08. The molecule has 0 amide bonds. The molecule has 2 rings (SSSR count). The zero-order chi connectivity index (χ0) is 13.3. The van der Waals surface area contributed by atoms with Crippen LogP contribution in [0.2, 0.25) is 0 Å². The predicted octanol–water partition coefficient (Wildman–Crippen LogP) is 1.62. The van der Waals surface area contributed by atoms with Crippen LogP contribution >= 0.6 is 11.3 Å². The van der Waals surface area contributed by atoms with E-state index in [0.29, 0.717) is 12.8 Å². The summed E-state index contributed by atoms with van der Waals surface area (Å²) in [5, 5.41) is 12.3. The maximum absolute atomic E-state index is 12.4. The molecule has 0 spiro atoms. The number of hydrogen-bond acceptors (Lipinski definition) is 4. The third-order valence-electron chi connectivity index (χ3n) is 3.28. The molecule has 2 unspecified atom stereocenters. The number of piperidine rings is 1. The second-order valence-corrected chi connectivity index (χ2v) is 7.17. The van der Waals surface area contributed by atoms with Crippen LogP contribution in [0.4, 0.5) is 0 Å². The topological polar surface area (TPSA) is 74.7 Å². The Kier molecular flexibility index (Phi) is 3.74. The van der Waals surface area contributed by atoms with E-state index in [4.69, 9.17) is 5.11 Å². The van der Waals surface area contributed by atoms with Gasteiger partial charge in [-0.3, -0.25) is 4.79 Å². The van der Waals surface area contributed by atoms with Crippen molar-refractivity contribution in [1.82, 2.24) is 4.31 Å². The Hall–Kier alpha value is -0.920. The minimum absolute atomic E-state index is 0.0642. The van der Waals surface area contributed by atoms with Crippen molar-refractivity contribution < 1.29 is 18.3 Å². The molecule has 1 aliphatic heterocycles. The van der Waals surface area contributed by atoms with Crippen molar-refractivity contribution in [1.29, 1.82) is 0 Å². The lowest BCUT2D eigenvalue weighted by Crippen LogP contribution is -2.47. The quantitative estimate of drug-likeness (QED) is 0.917. The zero-order valence-corrected chi connectivity index (χ0v) is 11.6. The lowest BCUT2D eigenvalue weighted by Gasteiger charge is -2.35. The van der Waals surface area contributed by atoms with Gasteiger partial charge in [-0.1, -0.05) is 0 Å². The van der Waals surface area contributed by atoms with E-state index in [0.717, 1.165) is 0 Å². The summed E-state index contributed by atoms with van der Waals surface area (Å²) < 4.78 is 26.0. The molecule has 2 heterocycles. The second-order valence-electron chi connectivity index (χ2n) is 4.50. The predicted molar refractivity (Wildman–Crippen MR) is 68.0 cm³/mol. The number of rotatable bonds is 3. The molecule has 100 valence electrons. The van der Waals surface area contributed by atoms with Crippen molar-refractivity contribution in [3.63, 3.8) is 0 Å². The molecule has 18 heavy (non-hydrogen) atoms. The summed E-state index contributed by atoms with van der Waals surface area (Å²) >= 11 is 1.32. The summed E-state index contributed by atoms with van der Waals surface area (Å²) in [6.07, 6.45) is 1.12. The zero-order valence-electron chi connectivity index (χ0n) is 9.94. The van der Waals surface area contributed by atoms with E-state index < -0.39 is 21.9 Å². The fourth-order valence-corrected chi connectivity index (χ4v) is 4.87. The largest absolute Gasteiger partial charge is 0.481 e. The summed E-state index contributed by atoms with van der Waals surface area (Å²) in [6, 6.07) is 1.40. The first kappa shape index (κ1) is 13.5. The highest BCUT2D eigenvalue weighted by Crippen LogP contribution is 2.28. The van der Waals surface area contributed by atoms with E-state index in [1.807, 2.05) is 6.92 Å². The molecule has 0 radical (unpaired) electrons. The van der Waals surface area contributed by atoms with Gasteiger partial charge < -0.3 is 5.11 Å². The summed E-state index contributed by atoms with van der Waals surface area (Å²) in [5.41, 5.74) is 0. The molecule has 1 aromatic rings. The van der Waals surface area contributed by atoms with E-state index in [9.17, 15) is 13.2 Å². The monoisotopic (exact) mass is 289 g/mol. The van der Waals surface area contributed by atoms with Crippen LogP contribution in [0, 0.1) is 5.92 Å². The summed E-state index contributed by atoms with van der Waals surface area (Å²) in [7, 11) is -3.55. The van der Waals surface area contributed by atoms with Gasteiger partial charge in [-0.2, -0.15) is 15.6 Å². The summed E-state index contributed by atoms with van der Waals surface area (Å²) in [4.78, 5) is 11.3. The van der Waals surface area contributed by atoms with Crippen molar-refractivity contribution in [2.75, 3.05) is 6.54 Å². The number of thiophene rings is 1. The van der Waals surface area contributed by atoms with E-state index in [-0.39, 0.29) is 17.5 Å². The van der Waals surface area contributed by atoms with Crippen LogP contribution in [0.25, 0.3) is 0 Å². The molecule has 0 bridgehead atoms. The molecule has 1 fully saturated rings. The minimum atomic E-state index is -3.55. The summed E-state index contributed by atoms with van der Waals surface area (Å²) in [6.45, 7) is 1.89. The van der Waals surface area contributed by atoms with Crippen LogP contribution in [0.1, 0.15) is 19.8 Å². The van der Waals surface area contributed by atoms with Crippen molar-refractivity contribution >= 4 is 27.3 Å². The SMILES string of the molecule is CC1CCC(C(=O)O)CN1S(=O)(=O)c1ccsc1. The highest BCUT2D eigenvalue weighted by molar-refractivity contribution is 7.89. The molecule has 0 aliphatic carbocycles. The highest BCUT2D eigenvalue weighted by Gasteiger charge is 2.37. The lowest BCUT2D eigenvalue weighted by atomic mass is 9.96. The molecule has 7 heteroatoms. The average molecular weight is 289 g/mol. The molecule has 5 nitrogen and oxygen atoms in total. The normalized spacial score (nSPS) is 26.1. The van der Waals surface area contributed by atoms with Gasteiger partial charge in [0.25, 0.3) is 0 Å². The maximum Gasteiger partial charge on any atom is 0.307 e. The maximum atomic E-state index is 12.4. The average Bonchev–Trinajstić information content (AvgIpc) is 2.82. The van der Waals surface area contributed by atoms with Gasteiger partial charge in [0, 0.05) is 18.0 Å². The lowest BCUT2D eigenvalue weighted by molar-refractivity contribution is -0.143. The fraction of sp³-hybridized carbons (Fsp3) is 0.545. The van der Waals surface area contributed by atoms with Gasteiger partial charge in [-0.15, -0.1) is 0 Å². The first-order valence-electron chi connectivity index (χ1n) is 5.70. The highest BCUT2D eigenvalue weighted by atomic mass is 32.2. The second kappa shape index (κ2) is 4.99. The third kappa shape index (κ3) is 2.43. The van der Waals surface area contributed by atoms with Gasteiger partial charge in [0.15, 0.2) is 0 Å². The Morgan fingerprint density at radius 2 is 2.22 bits per heavy atom. The van der Waals surface area contributed by atoms with Gasteiger partial charge in [0.1, 0.15) is 0 Å². The number of hydrogen-bond donors (Lipinski definition) is 1. The Balaban J connectivity index is 2.28. The molecule has 1 saturated heterocycles. The molecular weight excluding hydrogens is 274 g/mol. The van der Waals surface area contributed by atoms with E-state index in [1.165, 1.54) is 15.6 Å². The molecule has 1 aliphatic rings. The van der Waals surface area contributed by atoms with E-state index in [1.54, 1.807) is 16.8 Å². The Labute approximate surface area is 110 Å². The van der Waals surface area contributed by atoms with Crippen LogP contribution < -0.4 is 0 Å². The molecule has 1 aromatic heterocycles. The van der Waals surface area contributed by atoms with Crippen LogP contribution in [0.5, 0.6) is 0 Å². The van der Waals surface area contributed by atoms with Gasteiger partial charge in [0.05, 0.1) is 10.8 Å². The molecule has 1 N–H and O–H groups in total. The number of aliphatic carboxylic acids is 1. The van der Waals surface area contributed by atoms with Gasteiger partial charge in [-0.05, 0) is 31.2 Å². The van der Waals surface area contributed by atoms with E-state index in [2.05, 4.69) is 0 Å². The van der Waals surface area contributed by atoms with Gasteiger partial charge >= 0.3 is 5.97 Å². The number of nitrogens with zero attached hydrogens (tertiary/aromatic N) is 1. The van der Waals surface area contributed by atoms with Crippen molar-refractivity contribution in [3.05, 3.63) is 16.8 Å². The van der Waals surface area contributed by atoms with Crippen LogP contribution in [0.3, 0.4) is 0 Å². The number of carboxylic acid groups (broad SMARTS) is 1. The van der Waals surface area contributed by atoms with Crippen molar-refractivity contribution in [2.24, 2.45) is 5.92 Å². The fourth-order valence-electron chi connectivity index (χ4n) is 2.15. The molecule has 0 saturated carbocycles. The van der Waals surface area contributed by atoms with Gasteiger partial charge in [-0.25, -0.2) is 8.42 Å². The third-order valence-corrected chi connectivity index (χ3v) is 6.08. The van der Waals surface area contributed by atoms with E-state index >= 15 is 0 Å². The number of carboxylic acids is 1. The van der Waals surface area contributed by atoms with Crippen molar-refractivity contribution in [3.8, 4) is 0 Å². The van der Waals surface area contributed by atoms with Gasteiger partial charge in [0.2, 0.25) is 10.0 Å². The van der Waals surface area contributed by atoms with Crippen LogP contribution in [-0.2, 0) is 14.8 Å². The van der Waals surface area contributed by atoms with Crippen molar-refractivity contribution in [2.45, 2.75) is 30.7 Å². The van der Waals surface area contributed by atoms with Crippen LogP contribution in [-0.4, -0.2) is 36.4 Å². The Morgan fingerprint density at radius 3 is 2.78 bits per heavy atom. The number of carbonyl (C=O) groups is 1. The standard InChI is InChI=1S/C11H15NO4S2/c1-8-2-3-9(11(13)14)6-12(8)18(15,16)10-4-5-17-7-10/h4-5,7-9H,2-3,6H2,1H3,(H,13,14). The molecule has 2 atom stereocenters. The Morgan fingerprint density at radius 1 is 1.50 bits per heavy atom. The van der Waals surface area contributed by atoms with Crippen LogP contribution in [0.15, 0.2) is 21.7 Å². The molecule has 0 aromatic carbocycles.